The molecule has 1 amide bonds. The zero-order valence-corrected chi connectivity index (χ0v) is 13.1. The average molecular weight is 291 g/mol. The van der Waals surface area contributed by atoms with E-state index in [1.54, 1.807) is 7.11 Å². The zero-order valence-electron chi connectivity index (χ0n) is 13.1. The van der Waals surface area contributed by atoms with Crippen LogP contribution in [-0.2, 0) is 4.79 Å². The van der Waals surface area contributed by atoms with Crippen LogP contribution < -0.4 is 15.4 Å². The van der Waals surface area contributed by atoms with Crippen molar-refractivity contribution in [2.24, 2.45) is 0 Å². The number of rotatable bonds is 8. The van der Waals surface area contributed by atoms with E-state index in [1.165, 1.54) is 5.56 Å². The summed E-state index contributed by atoms with van der Waals surface area (Å²) in [5, 5.41) is 6.22. The summed E-state index contributed by atoms with van der Waals surface area (Å²) >= 11 is 0. The number of benzene rings is 1. The number of methoxy groups -OCH3 is 1. The summed E-state index contributed by atoms with van der Waals surface area (Å²) in [4.78, 5) is 13.8. The Morgan fingerprint density at radius 3 is 2.81 bits per heavy atom. The highest BCUT2D eigenvalue weighted by Crippen LogP contribution is 2.22. The molecule has 2 N–H and O–H groups in total. The van der Waals surface area contributed by atoms with Crippen molar-refractivity contribution in [3.8, 4) is 5.75 Å². The SMILES string of the molecule is COc1cccc(C(CNCC(=O)NC2CC2)N(C)C)c1. The van der Waals surface area contributed by atoms with Crippen molar-refractivity contribution in [3.05, 3.63) is 29.8 Å². The van der Waals surface area contributed by atoms with E-state index in [0.29, 0.717) is 12.6 Å². The first kappa shape index (κ1) is 15.8. The third-order valence-electron chi connectivity index (χ3n) is 3.67. The summed E-state index contributed by atoms with van der Waals surface area (Å²) in [5.74, 6) is 0.937. The Kier molecular flexibility index (Phi) is 5.59. The molecule has 21 heavy (non-hydrogen) atoms. The molecule has 1 aliphatic rings. The van der Waals surface area contributed by atoms with Crippen LogP contribution >= 0.6 is 0 Å². The van der Waals surface area contributed by atoms with Gasteiger partial charge in [0.25, 0.3) is 0 Å². The molecule has 0 saturated heterocycles. The van der Waals surface area contributed by atoms with Crippen molar-refractivity contribution >= 4 is 5.91 Å². The second kappa shape index (κ2) is 7.43. The van der Waals surface area contributed by atoms with Gasteiger partial charge in [0, 0.05) is 18.6 Å². The number of amides is 1. The number of nitrogens with zero attached hydrogens (tertiary/aromatic N) is 1. The molecule has 2 rings (SSSR count). The van der Waals surface area contributed by atoms with Crippen molar-refractivity contribution in [1.29, 1.82) is 0 Å². The fraction of sp³-hybridized carbons (Fsp3) is 0.562. The molecule has 5 nitrogen and oxygen atoms in total. The molecule has 5 heteroatoms. The van der Waals surface area contributed by atoms with E-state index in [4.69, 9.17) is 4.74 Å². The molecule has 0 heterocycles. The Morgan fingerprint density at radius 1 is 1.43 bits per heavy atom. The fourth-order valence-corrected chi connectivity index (χ4v) is 2.28. The summed E-state index contributed by atoms with van der Waals surface area (Å²) in [5.41, 5.74) is 1.18. The lowest BCUT2D eigenvalue weighted by Gasteiger charge is -2.25. The second-order valence-electron chi connectivity index (χ2n) is 5.73. The van der Waals surface area contributed by atoms with Crippen LogP contribution in [0, 0.1) is 0 Å². The maximum Gasteiger partial charge on any atom is 0.234 e. The molecule has 116 valence electrons. The van der Waals surface area contributed by atoms with Crippen molar-refractivity contribution < 1.29 is 9.53 Å². The van der Waals surface area contributed by atoms with Crippen molar-refractivity contribution in [3.63, 3.8) is 0 Å². The lowest BCUT2D eigenvalue weighted by atomic mass is 10.1. The third kappa shape index (κ3) is 5.02. The number of carbonyl (C=O) groups excluding carboxylic acids is 1. The Morgan fingerprint density at radius 2 is 2.19 bits per heavy atom. The van der Waals surface area contributed by atoms with Crippen LogP contribution in [0.15, 0.2) is 24.3 Å². The summed E-state index contributed by atoms with van der Waals surface area (Å²) in [6.45, 7) is 1.09. The van der Waals surface area contributed by atoms with Crippen LogP contribution in [0.25, 0.3) is 0 Å². The van der Waals surface area contributed by atoms with E-state index in [2.05, 4.69) is 21.6 Å². The standard InChI is InChI=1S/C16H25N3O2/c1-19(2)15(12-5-4-6-14(9-12)21-3)10-17-11-16(20)18-13-7-8-13/h4-6,9,13,15,17H,7-8,10-11H2,1-3H3,(H,18,20). The molecule has 1 aromatic rings. The van der Waals surface area contributed by atoms with Crippen LogP contribution in [0.4, 0.5) is 0 Å². The fourth-order valence-electron chi connectivity index (χ4n) is 2.28. The highest BCUT2D eigenvalue weighted by Gasteiger charge is 2.23. The molecule has 0 spiro atoms. The Hall–Kier alpha value is -1.59. The summed E-state index contributed by atoms with van der Waals surface area (Å²) < 4.78 is 5.28. The van der Waals surface area contributed by atoms with Crippen molar-refractivity contribution in [2.75, 3.05) is 34.3 Å². The van der Waals surface area contributed by atoms with E-state index < -0.39 is 0 Å². The van der Waals surface area contributed by atoms with E-state index in [1.807, 2.05) is 32.3 Å². The lowest BCUT2D eigenvalue weighted by molar-refractivity contribution is -0.120. The molecule has 0 aromatic heterocycles. The van der Waals surface area contributed by atoms with Crippen LogP contribution in [0.5, 0.6) is 5.75 Å². The largest absolute Gasteiger partial charge is 0.497 e. The van der Waals surface area contributed by atoms with Crippen LogP contribution in [0.1, 0.15) is 24.4 Å². The van der Waals surface area contributed by atoms with Crippen LogP contribution in [0.2, 0.25) is 0 Å². The van der Waals surface area contributed by atoms with E-state index in [-0.39, 0.29) is 11.9 Å². The highest BCUT2D eigenvalue weighted by molar-refractivity contribution is 5.78. The average Bonchev–Trinajstić information content (AvgIpc) is 3.27. The van der Waals surface area contributed by atoms with Crippen LogP contribution in [0.3, 0.4) is 0 Å². The van der Waals surface area contributed by atoms with Crippen LogP contribution in [-0.4, -0.2) is 51.1 Å². The molecule has 1 fully saturated rings. The molecule has 1 aliphatic carbocycles. The highest BCUT2D eigenvalue weighted by atomic mass is 16.5. The van der Waals surface area contributed by atoms with E-state index in [0.717, 1.165) is 25.1 Å². The summed E-state index contributed by atoms with van der Waals surface area (Å²) in [7, 11) is 5.75. The van der Waals surface area contributed by atoms with Gasteiger partial charge in [0.05, 0.1) is 13.7 Å². The Balaban J connectivity index is 1.87. The van der Waals surface area contributed by atoms with Gasteiger partial charge in [-0.15, -0.1) is 0 Å². The van der Waals surface area contributed by atoms with Gasteiger partial charge in [-0.3, -0.25) is 4.79 Å². The maximum atomic E-state index is 11.7. The number of hydrogen-bond acceptors (Lipinski definition) is 4. The minimum atomic E-state index is 0.0839. The molecule has 1 aromatic carbocycles. The van der Waals surface area contributed by atoms with Crippen molar-refractivity contribution in [2.45, 2.75) is 24.9 Å². The first-order chi connectivity index (χ1) is 10.1. The summed E-state index contributed by atoms with van der Waals surface area (Å²) in [6.07, 6.45) is 2.24. The molecule has 1 unspecified atom stereocenters. The number of hydrogen-bond donors (Lipinski definition) is 2. The monoisotopic (exact) mass is 291 g/mol. The molecule has 1 atom stereocenters. The predicted octanol–water partition coefficient (Wildman–Crippen LogP) is 1.17. The van der Waals surface area contributed by atoms with Gasteiger partial charge in [0.15, 0.2) is 0 Å². The smallest absolute Gasteiger partial charge is 0.234 e. The molecule has 0 radical (unpaired) electrons. The van der Waals surface area contributed by atoms with Gasteiger partial charge in [0.2, 0.25) is 5.91 Å². The van der Waals surface area contributed by atoms with Gasteiger partial charge in [0.1, 0.15) is 5.75 Å². The van der Waals surface area contributed by atoms with Gasteiger partial charge in [-0.1, -0.05) is 12.1 Å². The first-order valence-corrected chi connectivity index (χ1v) is 7.40. The molecular weight excluding hydrogens is 266 g/mol. The lowest BCUT2D eigenvalue weighted by Crippen LogP contribution is -2.38. The minimum absolute atomic E-state index is 0.0839. The van der Waals surface area contributed by atoms with Gasteiger partial charge in [-0.25, -0.2) is 0 Å². The zero-order chi connectivity index (χ0) is 15.2. The number of likely N-dealkylation sites (N-methyl/N-ethyl adjacent to an activating group) is 1. The molecule has 1 saturated carbocycles. The van der Waals surface area contributed by atoms with E-state index >= 15 is 0 Å². The van der Waals surface area contributed by atoms with Gasteiger partial charge < -0.3 is 20.3 Å². The van der Waals surface area contributed by atoms with E-state index in [9.17, 15) is 4.79 Å². The van der Waals surface area contributed by atoms with Crippen molar-refractivity contribution in [1.82, 2.24) is 15.5 Å². The molecule has 0 bridgehead atoms. The number of nitrogens with one attached hydrogen (secondary N) is 2. The normalized spacial score (nSPS) is 15.8. The maximum absolute atomic E-state index is 11.7. The minimum Gasteiger partial charge on any atom is -0.497 e. The van der Waals surface area contributed by atoms with Gasteiger partial charge >= 0.3 is 0 Å². The predicted molar refractivity (Wildman–Crippen MR) is 83.5 cm³/mol. The molecule has 0 aliphatic heterocycles. The quantitative estimate of drug-likeness (QED) is 0.755. The Labute approximate surface area is 126 Å². The second-order valence-corrected chi connectivity index (χ2v) is 5.73. The first-order valence-electron chi connectivity index (χ1n) is 7.40. The number of carbonyl (C=O) groups is 1. The number of ether oxygens (including phenoxy) is 1. The third-order valence-corrected chi connectivity index (χ3v) is 3.67. The van der Waals surface area contributed by atoms with Gasteiger partial charge in [-0.2, -0.15) is 0 Å². The molecular formula is C16H25N3O2. The summed E-state index contributed by atoms with van der Waals surface area (Å²) in [6, 6.07) is 8.67. The topological polar surface area (TPSA) is 53.6 Å². The Bertz CT molecular complexity index is 472. The van der Waals surface area contributed by atoms with Gasteiger partial charge in [-0.05, 0) is 44.6 Å².